The Bertz CT molecular complexity index is 1370. The van der Waals surface area contributed by atoms with Gasteiger partial charge in [-0.05, 0) is 61.4 Å². The highest BCUT2D eigenvalue weighted by atomic mass is 32.2. The van der Waals surface area contributed by atoms with Crippen LogP contribution in [0.25, 0.3) is 10.9 Å². The summed E-state index contributed by atoms with van der Waals surface area (Å²) in [5.74, 6) is 0.526. The first-order chi connectivity index (χ1) is 16.8. The van der Waals surface area contributed by atoms with Crippen LogP contribution >= 0.6 is 0 Å². The molecule has 5 rings (SSSR count). The monoisotopic (exact) mass is 494 g/mol. The number of hydrogen-bond donors (Lipinski definition) is 2. The van der Waals surface area contributed by atoms with Gasteiger partial charge in [-0.25, -0.2) is 8.42 Å². The summed E-state index contributed by atoms with van der Waals surface area (Å²) in [6.07, 6.45) is 6.70. The van der Waals surface area contributed by atoms with Crippen LogP contribution in [0, 0.1) is 5.92 Å². The zero-order valence-corrected chi connectivity index (χ0v) is 20.6. The van der Waals surface area contributed by atoms with Crippen molar-refractivity contribution in [3.63, 3.8) is 0 Å². The predicted octanol–water partition coefficient (Wildman–Crippen LogP) is 3.34. The minimum Gasteiger partial charge on any atom is -0.352 e. The third kappa shape index (κ3) is 5.19. The van der Waals surface area contributed by atoms with Gasteiger partial charge in [-0.1, -0.05) is 24.3 Å². The molecule has 0 saturated heterocycles. The lowest BCUT2D eigenvalue weighted by Crippen LogP contribution is -2.41. The van der Waals surface area contributed by atoms with E-state index in [0.29, 0.717) is 18.2 Å². The van der Waals surface area contributed by atoms with Crippen LogP contribution in [-0.2, 0) is 27.9 Å². The van der Waals surface area contributed by atoms with E-state index in [9.17, 15) is 18.0 Å². The number of rotatable bonds is 7. The van der Waals surface area contributed by atoms with Crippen LogP contribution in [0.4, 0.5) is 5.69 Å². The number of nitrogens with zero attached hydrogens (tertiary/aromatic N) is 2. The van der Waals surface area contributed by atoms with Crippen molar-refractivity contribution in [2.24, 2.45) is 5.92 Å². The van der Waals surface area contributed by atoms with E-state index in [2.05, 4.69) is 10.0 Å². The lowest BCUT2D eigenvalue weighted by molar-refractivity contribution is -0.122. The lowest BCUT2D eigenvalue weighted by Gasteiger charge is -2.31. The molecule has 1 aliphatic heterocycles. The second-order valence-corrected chi connectivity index (χ2v) is 11.4. The molecule has 1 fully saturated rings. The van der Waals surface area contributed by atoms with Crippen LogP contribution in [0.15, 0.2) is 54.7 Å². The number of sulfonamides is 1. The van der Waals surface area contributed by atoms with Crippen molar-refractivity contribution in [3.8, 4) is 0 Å². The van der Waals surface area contributed by atoms with E-state index >= 15 is 0 Å². The number of nitrogens with one attached hydrogen (secondary N) is 2. The fourth-order valence-corrected chi connectivity index (χ4v) is 5.92. The Balaban J connectivity index is 1.13. The van der Waals surface area contributed by atoms with E-state index in [1.54, 1.807) is 18.3 Å². The topological polar surface area (TPSA) is 101 Å². The molecule has 8 nitrogen and oxygen atoms in total. The second kappa shape index (κ2) is 9.37. The van der Waals surface area contributed by atoms with Gasteiger partial charge in [-0.15, -0.1) is 0 Å². The average Bonchev–Trinajstić information content (AvgIpc) is 3.36. The number of aromatic nitrogens is 1. The fraction of sp³-hybridized carbons (Fsp3) is 0.385. The van der Waals surface area contributed by atoms with E-state index in [1.165, 1.54) is 0 Å². The molecule has 1 aliphatic carbocycles. The van der Waals surface area contributed by atoms with Crippen molar-refractivity contribution in [1.29, 1.82) is 0 Å². The Labute approximate surface area is 205 Å². The Morgan fingerprint density at radius 3 is 2.54 bits per heavy atom. The van der Waals surface area contributed by atoms with Crippen LogP contribution < -0.4 is 10.0 Å². The van der Waals surface area contributed by atoms with Crippen molar-refractivity contribution >= 4 is 38.4 Å². The Morgan fingerprint density at radius 1 is 1.03 bits per heavy atom. The van der Waals surface area contributed by atoms with Crippen LogP contribution in [0.3, 0.4) is 0 Å². The Morgan fingerprint density at radius 2 is 1.80 bits per heavy atom. The van der Waals surface area contributed by atoms with Gasteiger partial charge in [0.05, 0.1) is 17.5 Å². The van der Waals surface area contributed by atoms with E-state index < -0.39 is 10.0 Å². The third-order valence-electron chi connectivity index (χ3n) is 7.01. The maximum Gasteiger partial charge on any atom is 0.254 e. The predicted molar refractivity (Wildman–Crippen MR) is 135 cm³/mol. The normalized spacial score (nSPS) is 20.1. The van der Waals surface area contributed by atoms with E-state index in [0.717, 1.165) is 60.5 Å². The highest BCUT2D eigenvalue weighted by Crippen LogP contribution is 2.29. The molecule has 0 bridgehead atoms. The summed E-state index contributed by atoms with van der Waals surface area (Å²) in [7, 11) is -3.39. The highest BCUT2D eigenvalue weighted by molar-refractivity contribution is 7.92. The Kier molecular flexibility index (Phi) is 6.27. The summed E-state index contributed by atoms with van der Waals surface area (Å²) in [5.41, 5.74) is 3.23. The maximum absolute atomic E-state index is 12.8. The first-order valence-electron chi connectivity index (χ1n) is 12.0. The van der Waals surface area contributed by atoms with Crippen molar-refractivity contribution < 1.29 is 18.0 Å². The van der Waals surface area contributed by atoms with Crippen molar-refractivity contribution in [2.75, 3.05) is 17.5 Å². The standard InChI is InChI=1S/C26H30N4O4S/c1-35(33,34)28-23-7-4-8-24-22(23)13-14-29(24)17-25(31)27-20-11-9-18(10-12-20)15-30-16-19-5-2-3-6-21(19)26(30)32/h2-8,13-14,18,20,28H,9-12,15-17H2,1H3,(H,27,31). The maximum atomic E-state index is 12.8. The van der Waals surface area contributed by atoms with Gasteiger partial charge in [-0.3, -0.25) is 14.3 Å². The number of carbonyl (C=O) groups is 2. The number of carbonyl (C=O) groups excluding carboxylic acids is 2. The van der Waals surface area contributed by atoms with Crippen LogP contribution in [0.2, 0.25) is 0 Å². The highest BCUT2D eigenvalue weighted by Gasteiger charge is 2.30. The molecule has 2 aliphatic rings. The quantitative estimate of drug-likeness (QED) is 0.526. The molecule has 0 atom stereocenters. The Hall–Kier alpha value is -3.33. The molecule has 3 aromatic rings. The molecule has 2 aromatic carbocycles. The molecular formula is C26H30N4O4S. The molecule has 1 aromatic heterocycles. The van der Waals surface area contributed by atoms with Gasteiger partial charge in [-0.2, -0.15) is 0 Å². The molecule has 0 unspecified atom stereocenters. The smallest absolute Gasteiger partial charge is 0.254 e. The summed E-state index contributed by atoms with van der Waals surface area (Å²) < 4.78 is 27.6. The SMILES string of the molecule is CS(=O)(=O)Nc1cccc2c1ccn2CC(=O)NC1CCC(CN2Cc3ccccc3C2=O)CC1. The van der Waals surface area contributed by atoms with Gasteiger partial charge >= 0.3 is 0 Å². The number of anilines is 1. The molecule has 184 valence electrons. The fourth-order valence-electron chi connectivity index (χ4n) is 5.34. The molecule has 0 radical (unpaired) electrons. The van der Waals surface area contributed by atoms with Gasteiger partial charge in [0.1, 0.15) is 6.54 Å². The lowest BCUT2D eigenvalue weighted by atomic mass is 9.85. The van der Waals surface area contributed by atoms with E-state index in [1.807, 2.05) is 45.9 Å². The number of amides is 2. The first-order valence-corrected chi connectivity index (χ1v) is 13.9. The molecule has 0 spiro atoms. The summed E-state index contributed by atoms with van der Waals surface area (Å²) in [4.78, 5) is 27.4. The largest absolute Gasteiger partial charge is 0.352 e. The van der Waals surface area contributed by atoms with Crippen LogP contribution in [0.5, 0.6) is 0 Å². The summed E-state index contributed by atoms with van der Waals surface area (Å²) in [5, 5.41) is 3.91. The zero-order chi connectivity index (χ0) is 24.6. The van der Waals surface area contributed by atoms with Gasteiger partial charge in [0.2, 0.25) is 15.9 Å². The second-order valence-electron chi connectivity index (χ2n) is 9.68. The minimum absolute atomic E-state index is 0.0578. The van der Waals surface area contributed by atoms with Crippen molar-refractivity contribution in [2.45, 2.75) is 44.8 Å². The summed E-state index contributed by atoms with van der Waals surface area (Å²) in [6, 6.07) is 15.1. The molecule has 2 heterocycles. The van der Waals surface area contributed by atoms with E-state index in [4.69, 9.17) is 0 Å². The summed E-state index contributed by atoms with van der Waals surface area (Å²) in [6.45, 7) is 1.64. The van der Waals surface area contributed by atoms with Crippen LogP contribution in [0.1, 0.15) is 41.6 Å². The average molecular weight is 495 g/mol. The zero-order valence-electron chi connectivity index (χ0n) is 19.7. The molecule has 2 amide bonds. The van der Waals surface area contributed by atoms with E-state index in [-0.39, 0.29) is 24.4 Å². The first kappa shape index (κ1) is 23.4. The molecular weight excluding hydrogens is 464 g/mol. The third-order valence-corrected chi connectivity index (χ3v) is 7.60. The number of hydrogen-bond acceptors (Lipinski definition) is 4. The van der Waals surface area contributed by atoms with Crippen LogP contribution in [-0.4, -0.2) is 48.5 Å². The van der Waals surface area contributed by atoms with Gasteiger partial charge in [0.25, 0.3) is 5.91 Å². The molecule has 1 saturated carbocycles. The molecule has 35 heavy (non-hydrogen) atoms. The molecule has 2 N–H and O–H groups in total. The summed E-state index contributed by atoms with van der Waals surface area (Å²) >= 11 is 0. The number of benzene rings is 2. The number of fused-ring (bicyclic) bond motifs is 2. The molecule has 9 heteroatoms. The minimum atomic E-state index is -3.39. The van der Waals surface area contributed by atoms with Crippen molar-refractivity contribution in [3.05, 3.63) is 65.9 Å². The van der Waals surface area contributed by atoms with Crippen molar-refractivity contribution in [1.82, 2.24) is 14.8 Å². The van der Waals surface area contributed by atoms with Gasteiger partial charge < -0.3 is 14.8 Å². The van der Waals surface area contributed by atoms with Gasteiger partial charge in [0.15, 0.2) is 0 Å². The van der Waals surface area contributed by atoms with Gasteiger partial charge in [0, 0.05) is 36.3 Å².